The van der Waals surface area contributed by atoms with Crippen molar-refractivity contribution in [2.75, 3.05) is 5.32 Å². The van der Waals surface area contributed by atoms with Gasteiger partial charge in [0, 0.05) is 6.04 Å². The van der Waals surface area contributed by atoms with Crippen LogP contribution in [0.25, 0.3) is 0 Å². The van der Waals surface area contributed by atoms with Gasteiger partial charge in [-0.2, -0.15) is 0 Å². The van der Waals surface area contributed by atoms with Crippen molar-refractivity contribution in [2.24, 2.45) is 11.8 Å². The summed E-state index contributed by atoms with van der Waals surface area (Å²) in [5.74, 6) is -8.73. The molecule has 0 aliphatic heterocycles. The Morgan fingerprint density at radius 3 is 1.75 bits per heavy atom. The topological polar surface area (TPSA) is 12.0 Å². The smallest absolute Gasteiger partial charge is 0.200 e. The van der Waals surface area contributed by atoms with Crippen LogP contribution in [0, 0.1) is 40.9 Å². The lowest BCUT2D eigenvalue weighted by molar-refractivity contribution is 0.259. The molecular formula is C14H16F5N. The number of halogens is 5. The van der Waals surface area contributed by atoms with Crippen molar-refractivity contribution in [3.8, 4) is 0 Å². The second-order valence-electron chi connectivity index (χ2n) is 5.55. The van der Waals surface area contributed by atoms with Gasteiger partial charge in [-0.05, 0) is 31.1 Å². The van der Waals surface area contributed by atoms with Gasteiger partial charge in [-0.3, -0.25) is 0 Å². The minimum absolute atomic E-state index is 0.283. The third-order valence-electron chi connectivity index (χ3n) is 4.16. The van der Waals surface area contributed by atoms with E-state index >= 15 is 0 Å². The first kappa shape index (κ1) is 15.1. The molecule has 0 aromatic heterocycles. The predicted octanol–water partition coefficient (Wildman–Crippen LogP) is 4.62. The molecule has 6 heteroatoms. The molecule has 0 spiro atoms. The average Bonchev–Trinajstić information content (AvgIpc) is 2.43. The zero-order valence-electron chi connectivity index (χ0n) is 11.2. The Morgan fingerprint density at radius 1 is 0.750 bits per heavy atom. The van der Waals surface area contributed by atoms with Crippen molar-refractivity contribution in [3.63, 3.8) is 0 Å². The monoisotopic (exact) mass is 293 g/mol. The number of benzene rings is 1. The molecule has 0 bridgehead atoms. The molecule has 112 valence electrons. The largest absolute Gasteiger partial charge is 0.377 e. The summed E-state index contributed by atoms with van der Waals surface area (Å²) in [7, 11) is 0. The van der Waals surface area contributed by atoms with Crippen LogP contribution in [0.4, 0.5) is 27.6 Å². The molecular weight excluding hydrogens is 277 g/mol. The third-order valence-corrected chi connectivity index (χ3v) is 4.16. The Kier molecular flexibility index (Phi) is 4.20. The Labute approximate surface area is 114 Å². The number of hydrogen-bond donors (Lipinski definition) is 1. The van der Waals surface area contributed by atoms with Crippen LogP contribution >= 0.6 is 0 Å². The van der Waals surface area contributed by atoms with Crippen molar-refractivity contribution in [1.29, 1.82) is 0 Å². The molecule has 1 nitrogen and oxygen atoms in total. The van der Waals surface area contributed by atoms with E-state index < -0.39 is 34.8 Å². The summed E-state index contributed by atoms with van der Waals surface area (Å²) in [5, 5.41) is 2.48. The minimum Gasteiger partial charge on any atom is -0.377 e. The first-order valence-electron chi connectivity index (χ1n) is 6.60. The van der Waals surface area contributed by atoms with E-state index in [4.69, 9.17) is 0 Å². The molecule has 2 rings (SSSR count). The van der Waals surface area contributed by atoms with E-state index in [9.17, 15) is 22.0 Å². The van der Waals surface area contributed by atoms with Gasteiger partial charge in [0.15, 0.2) is 23.3 Å². The number of rotatable bonds is 2. The van der Waals surface area contributed by atoms with E-state index in [0.717, 1.165) is 6.42 Å². The zero-order chi connectivity index (χ0) is 15.0. The summed E-state index contributed by atoms with van der Waals surface area (Å²) in [6, 6.07) is -0.283. The van der Waals surface area contributed by atoms with Crippen molar-refractivity contribution in [2.45, 2.75) is 39.2 Å². The van der Waals surface area contributed by atoms with E-state index in [1.165, 1.54) is 0 Å². The fourth-order valence-electron chi connectivity index (χ4n) is 2.61. The summed E-state index contributed by atoms with van der Waals surface area (Å²) in [6.07, 6.45) is 2.14. The van der Waals surface area contributed by atoms with Crippen LogP contribution in [0.1, 0.15) is 33.1 Å². The Morgan fingerprint density at radius 2 is 1.25 bits per heavy atom. The highest BCUT2D eigenvalue weighted by atomic mass is 19.2. The summed E-state index contributed by atoms with van der Waals surface area (Å²) >= 11 is 0. The SMILES string of the molecule is CC1CCC(Nc2c(F)c(F)c(F)c(F)c2F)CC1C. The zero-order valence-corrected chi connectivity index (χ0v) is 11.2. The van der Waals surface area contributed by atoms with E-state index in [0.29, 0.717) is 24.7 Å². The van der Waals surface area contributed by atoms with Gasteiger partial charge in [0.1, 0.15) is 5.69 Å². The molecule has 1 aliphatic carbocycles. The highest BCUT2D eigenvalue weighted by molar-refractivity contribution is 5.48. The minimum atomic E-state index is -2.13. The van der Waals surface area contributed by atoms with Crippen LogP contribution in [-0.4, -0.2) is 6.04 Å². The van der Waals surface area contributed by atoms with Gasteiger partial charge in [-0.15, -0.1) is 0 Å². The van der Waals surface area contributed by atoms with E-state index in [1.807, 2.05) is 6.92 Å². The fourth-order valence-corrected chi connectivity index (χ4v) is 2.61. The number of anilines is 1. The Bertz CT molecular complexity index is 488. The quantitative estimate of drug-likeness (QED) is 0.476. The van der Waals surface area contributed by atoms with Crippen molar-refractivity contribution in [1.82, 2.24) is 0 Å². The fraction of sp³-hybridized carbons (Fsp3) is 0.571. The molecule has 1 fully saturated rings. The molecule has 0 radical (unpaired) electrons. The van der Waals surface area contributed by atoms with Gasteiger partial charge in [-0.1, -0.05) is 13.8 Å². The molecule has 0 amide bonds. The van der Waals surface area contributed by atoms with Gasteiger partial charge in [0.05, 0.1) is 0 Å². The maximum absolute atomic E-state index is 13.5. The average molecular weight is 293 g/mol. The molecule has 1 aromatic rings. The van der Waals surface area contributed by atoms with Crippen LogP contribution in [0.5, 0.6) is 0 Å². The maximum Gasteiger partial charge on any atom is 0.200 e. The highest BCUT2D eigenvalue weighted by Gasteiger charge is 2.30. The summed E-state index contributed by atoms with van der Waals surface area (Å²) in [6.45, 7) is 4.09. The van der Waals surface area contributed by atoms with Gasteiger partial charge in [-0.25, -0.2) is 22.0 Å². The molecule has 20 heavy (non-hydrogen) atoms. The van der Waals surface area contributed by atoms with Crippen molar-refractivity contribution in [3.05, 3.63) is 29.1 Å². The van der Waals surface area contributed by atoms with E-state index in [1.54, 1.807) is 0 Å². The van der Waals surface area contributed by atoms with Gasteiger partial charge < -0.3 is 5.32 Å². The van der Waals surface area contributed by atoms with E-state index in [2.05, 4.69) is 12.2 Å². The maximum atomic E-state index is 13.5. The number of nitrogens with one attached hydrogen (secondary N) is 1. The molecule has 1 aromatic carbocycles. The van der Waals surface area contributed by atoms with Crippen molar-refractivity contribution < 1.29 is 22.0 Å². The molecule has 1 aliphatic rings. The standard InChI is InChI=1S/C14H16F5N/c1-6-3-4-8(5-7(6)2)20-14-12(18)10(16)9(15)11(17)13(14)19/h6-8,20H,3-5H2,1-2H3. The van der Waals surface area contributed by atoms with Crippen LogP contribution in [0.15, 0.2) is 0 Å². The lowest BCUT2D eigenvalue weighted by Crippen LogP contribution is -2.31. The molecule has 0 saturated heterocycles. The first-order chi connectivity index (χ1) is 9.32. The van der Waals surface area contributed by atoms with Gasteiger partial charge in [0.2, 0.25) is 5.82 Å². The predicted molar refractivity (Wildman–Crippen MR) is 65.8 cm³/mol. The Balaban J connectivity index is 2.26. The van der Waals surface area contributed by atoms with Crippen LogP contribution in [-0.2, 0) is 0 Å². The van der Waals surface area contributed by atoms with E-state index in [-0.39, 0.29) is 6.04 Å². The highest BCUT2D eigenvalue weighted by Crippen LogP contribution is 2.33. The van der Waals surface area contributed by atoms with Gasteiger partial charge in [0.25, 0.3) is 0 Å². The Hall–Kier alpha value is -1.33. The van der Waals surface area contributed by atoms with Crippen molar-refractivity contribution >= 4 is 5.69 Å². The lowest BCUT2D eigenvalue weighted by Gasteiger charge is -2.33. The molecule has 1 N–H and O–H groups in total. The first-order valence-corrected chi connectivity index (χ1v) is 6.60. The third kappa shape index (κ3) is 2.60. The molecule has 0 heterocycles. The second-order valence-corrected chi connectivity index (χ2v) is 5.55. The summed E-state index contributed by atoms with van der Waals surface area (Å²) in [5.41, 5.74) is -0.923. The number of hydrogen-bond acceptors (Lipinski definition) is 1. The molecule has 3 unspecified atom stereocenters. The van der Waals surface area contributed by atoms with Gasteiger partial charge >= 0.3 is 0 Å². The summed E-state index contributed by atoms with van der Waals surface area (Å²) in [4.78, 5) is 0. The normalized spacial score (nSPS) is 26.6. The second kappa shape index (κ2) is 5.58. The molecule has 3 atom stereocenters. The van der Waals surface area contributed by atoms with Crippen LogP contribution < -0.4 is 5.32 Å². The lowest BCUT2D eigenvalue weighted by atomic mass is 9.79. The van der Waals surface area contributed by atoms with Crippen LogP contribution in [0.3, 0.4) is 0 Å². The molecule has 1 saturated carbocycles. The van der Waals surface area contributed by atoms with Crippen LogP contribution in [0.2, 0.25) is 0 Å². The summed E-state index contributed by atoms with van der Waals surface area (Å²) < 4.78 is 66.2.